The zero-order valence-electron chi connectivity index (χ0n) is 9.34. The largest absolute Gasteiger partial charge is 0.153 e. The van der Waals surface area contributed by atoms with Gasteiger partial charge in [-0.05, 0) is 30.9 Å². The molecule has 0 bridgehead atoms. The number of hydrogen-bond acceptors (Lipinski definition) is 0. The molecule has 0 heterocycles. The smallest absolute Gasteiger partial charge is 0.0233 e. The summed E-state index contributed by atoms with van der Waals surface area (Å²) < 4.78 is 0. The van der Waals surface area contributed by atoms with Crippen LogP contribution in [0, 0.1) is 0 Å². The van der Waals surface area contributed by atoms with E-state index in [1.54, 1.807) is 0 Å². The van der Waals surface area contributed by atoms with Gasteiger partial charge in [0.05, 0.1) is 0 Å². The third-order valence-corrected chi connectivity index (χ3v) is 2.27. The van der Waals surface area contributed by atoms with E-state index in [0.29, 0.717) is 0 Å². The molecule has 0 aromatic heterocycles. The van der Waals surface area contributed by atoms with Crippen LogP contribution < -0.4 is 0 Å². The molecule has 0 saturated heterocycles. The van der Waals surface area contributed by atoms with Crippen LogP contribution in [0.25, 0.3) is 5.57 Å². The maximum absolute atomic E-state index is 3.92. The van der Waals surface area contributed by atoms with Gasteiger partial charge in [-0.1, -0.05) is 49.8 Å². The minimum absolute atomic E-state index is 0. The van der Waals surface area contributed by atoms with Crippen LogP contribution in [-0.2, 0) is 6.42 Å². The third kappa shape index (κ3) is 4.07. The molecule has 1 aromatic carbocycles. The Labute approximate surface area is 91.0 Å². The Bertz CT molecular complexity index is 272. The second-order valence-electron chi connectivity index (χ2n) is 3.58. The number of unbranched alkanes of at least 4 members (excludes halogenated alkanes) is 1. The van der Waals surface area contributed by atoms with Gasteiger partial charge in [0.15, 0.2) is 0 Å². The van der Waals surface area contributed by atoms with E-state index in [1.807, 2.05) is 6.92 Å². The van der Waals surface area contributed by atoms with Crippen molar-refractivity contribution < 1.29 is 0 Å². The lowest BCUT2D eigenvalue weighted by Crippen LogP contribution is -1.85. The first-order valence-corrected chi connectivity index (χ1v) is 4.99. The summed E-state index contributed by atoms with van der Waals surface area (Å²) in [5.74, 6) is 0. The van der Waals surface area contributed by atoms with Gasteiger partial charge in [-0.15, -0.1) is 0 Å². The van der Waals surface area contributed by atoms with Gasteiger partial charge in [0, 0.05) is 0 Å². The molecular weight excluding hydrogens is 187 g/mol. The van der Waals surface area contributed by atoms with Crippen molar-refractivity contribution in [2.75, 3.05) is 0 Å². The molecule has 0 spiro atoms. The van der Waals surface area contributed by atoms with E-state index in [4.69, 9.17) is 0 Å². The minimum Gasteiger partial charge on any atom is -0.153 e. The van der Waals surface area contributed by atoms with Gasteiger partial charge >= 0.3 is 0 Å². The molecule has 78 valence electrons. The van der Waals surface area contributed by atoms with Crippen LogP contribution >= 0.6 is 9.90 Å². The minimum atomic E-state index is 0. The van der Waals surface area contributed by atoms with Crippen molar-refractivity contribution in [1.29, 1.82) is 0 Å². The molecule has 0 aliphatic heterocycles. The van der Waals surface area contributed by atoms with Crippen molar-refractivity contribution in [3.63, 3.8) is 0 Å². The SMILES string of the molecule is C=C(C)c1ccc(CCCC)cc1.P. The predicted octanol–water partition coefficient (Wildman–Crippen LogP) is 4.12. The highest BCUT2D eigenvalue weighted by Gasteiger charge is 1.94. The Morgan fingerprint density at radius 1 is 1.21 bits per heavy atom. The highest BCUT2D eigenvalue weighted by atomic mass is 31.0. The van der Waals surface area contributed by atoms with Gasteiger partial charge < -0.3 is 0 Å². The lowest BCUT2D eigenvalue weighted by Gasteiger charge is -2.02. The molecule has 0 N–H and O–H groups in total. The van der Waals surface area contributed by atoms with Crippen molar-refractivity contribution in [2.24, 2.45) is 0 Å². The Hall–Kier alpha value is -0.610. The van der Waals surface area contributed by atoms with Gasteiger partial charge in [-0.2, -0.15) is 9.90 Å². The molecule has 1 aromatic rings. The summed E-state index contributed by atoms with van der Waals surface area (Å²) in [4.78, 5) is 0. The molecule has 1 unspecified atom stereocenters. The fourth-order valence-corrected chi connectivity index (χ4v) is 1.34. The fraction of sp³-hybridized carbons (Fsp3) is 0.385. The zero-order valence-corrected chi connectivity index (χ0v) is 10.8. The summed E-state index contributed by atoms with van der Waals surface area (Å²) in [6.07, 6.45) is 3.75. The highest BCUT2D eigenvalue weighted by molar-refractivity contribution is 6.92. The molecule has 1 atom stereocenters. The number of aryl methyl sites for hydroxylation is 1. The molecule has 0 saturated carbocycles. The molecule has 0 nitrogen and oxygen atoms in total. The predicted molar refractivity (Wildman–Crippen MR) is 70.9 cm³/mol. The summed E-state index contributed by atoms with van der Waals surface area (Å²) in [5.41, 5.74) is 3.83. The molecular formula is C13H21P. The van der Waals surface area contributed by atoms with Crippen LogP contribution in [0.15, 0.2) is 30.8 Å². The third-order valence-electron chi connectivity index (χ3n) is 2.27. The lowest BCUT2D eigenvalue weighted by molar-refractivity contribution is 0.795. The van der Waals surface area contributed by atoms with Crippen molar-refractivity contribution in [3.05, 3.63) is 42.0 Å². The van der Waals surface area contributed by atoms with Gasteiger partial charge in [-0.3, -0.25) is 0 Å². The normalized spacial score (nSPS) is 9.29. The second kappa shape index (κ2) is 6.79. The van der Waals surface area contributed by atoms with E-state index in [-0.39, 0.29) is 9.90 Å². The monoisotopic (exact) mass is 208 g/mol. The van der Waals surface area contributed by atoms with E-state index >= 15 is 0 Å². The molecule has 0 fully saturated rings. The standard InChI is InChI=1S/C13H18.H3P/c1-4-5-6-12-7-9-13(10-8-12)11(2)3;/h7-10H,2,4-6H2,1,3H3;1H3. The number of hydrogen-bond donors (Lipinski definition) is 0. The average molecular weight is 208 g/mol. The summed E-state index contributed by atoms with van der Waals surface area (Å²) >= 11 is 0. The van der Waals surface area contributed by atoms with Gasteiger partial charge in [0.2, 0.25) is 0 Å². The van der Waals surface area contributed by atoms with Crippen LogP contribution in [0.3, 0.4) is 0 Å². The first kappa shape index (κ1) is 13.4. The number of allylic oxidation sites excluding steroid dienone is 1. The van der Waals surface area contributed by atoms with Crippen LogP contribution in [-0.4, -0.2) is 0 Å². The van der Waals surface area contributed by atoms with Crippen LogP contribution in [0.4, 0.5) is 0 Å². The highest BCUT2D eigenvalue weighted by Crippen LogP contribution is 2.13. The van der Waals surface area contributed by atoms with Crippen LogP contribution in [0.1, 0.15) is 37.8 Å². The van der Waals surface area contributed by atoms with E-state index in [2.05, 4.69) is 37.8 Å². The lowest BCUT2D eigenvalue weighted by atomic mass is 10.0. The van der Waals surface area contributed by atoms with Crippen LogP contribution in [0.5, 0.6) is 0 Å². The number of benzene rings is 1. The van der Waals surface area contributed by atoms with Crippen molar-refractivity contribution >= 4 is 15.5 Å². The summed E-state index contributed by atoms with van der Waals surface area (Å²) in [6.45, 7) is 8.18. The van der Waals surface area contributed by atoms with Crippen LogP contribution in [0.2, 0.25) is 0 Å². The zero-order chi connectivity index (χ0) is 9.68. The molecule has 0 aliphatic rings. The van der Waals surface area contributed by atoms with Crippen molar-refractivity contribution in [3.8, 4) is 0 Å². The van der Waals surface area contributed by atoms with E-state index in [0.717, 1.165) is 5.57 Å². The molecule has 0 amide bonds. The quantitative estimate of drug-likeness (QED) is 0.653. The Kier molecular flexibility index (Phi) is 6.49. The summed E-state index contributed by atoms with van der Waals surface area (Å²) in [7, 11) is 0. The Balaban J connectivity index is 0.00000169. The van der Waals surface area contributed by atoms with Gasteiger partial charge in [-0.25, -0.2) is 0 Å². The molecule has 1 rings (SSSR count). The van der Waals surface area contributed by atoms with Crippen molar-refractivity contribution in [2.45, 2.75) is 33.1 Å². The maximum atomic E-state index is 3.92. The summed E-state index contributed by atoms with van der Waals surface area (Å²) in [5, 5.41) is 0. The molecule has 1 heteroatoms. The molecule has 0 aliphatic carbocycles. The molecule has 14 heavy (non-hydrogen) atoms. The second-order valence-corrected chi connectivity index (χ2v) is 3.58. The van der Waals surface area contributed by atoms with E-state index in [9.17, 15) is 0 Å². The van der Waals surface area contributed by atoms with E-state index in [1.165, 1.54) is 30.4 Å². The Morgan fingerprint density at radius 2 is 1.79 bits per heavy atom. The van der Waals surface area contributed by atoms with Gasteiger partial charge in [0.1, 0.15) is 0 Å². The van der Waals surface area contributed by atoms with Crippen molar-refractivity contribution in [1.82, 2.24) is 0 Å². The van der Waals surface area contributed by atoms with E-state index < -0.39 is 0 Å². The van der Waals surface area contributed by atoms with Gasteiger partial charge in [0.25, 0.3) is 0 Å². The number of rotatable bonds is 4. The average Bonchev–Trinajstić information content (AvgIpc) is 2.15. The first-order chi connectivity index (χ1) is 6.24. The maximum Gasteiger partial charge on any atom is -0.0233 e. The summed E-state index contributed by atoms with van der Waals surface area (Å²) in [6, 6.07) is 8.74. The topological polar surface area (TPSA) is 0 Å². The first-order valence-electron chi connectivity index (χ1n) is 4.99. The molecule has 0 radical (unpaired) electrons. The Morgan fingerprint density at radius 3 is 2.21 bits per heavy atom. The fourth-order valence-electron chi connectivity index (χ4n) is 1.34.